The van der Waals surface area contributed by atoms with Gasteiger partial charge < -0.3 is 10.1 Å². The van der Waals surface area contributed by atoms with Gasteiger partial charge in [-0.1, -0.05) is 12.1 Å². The Bertz CT molecular complexity index is 544. The third-order valence-electron chi connectivity index (χ3n) is 3.65. The Morgan fingerprint density at radius 3 is 2.85 bits per heavy atom. The van der Waals surface area contributed by atoms with Gasteiger partial charge in [-0.3, -0.25) is 0 Å². The third kappa shape index (κ3) is 3.38. The molecule has 106 valence electrons. The summed E-state index contributed by atoms with van der Waals surface area (Å²) in [7, 11) is 0. The summed E-state index contributed by atoms with van der Waals surface area (Å²) in [5.74, 6) is 0.643. The highest BCUT2D eigenvalue weighted by Crippen LogP contribution is 2.23. The van der Waals surface area contributed by atoms with Crippen molar-refractivity contribution in [3.63, 3.8) is 0 Å². The minimum Gasteiger partial charge on any atom is -0.385 e. The molecule has 1 aromatic heterocycles. The van der Waals surface area contributed by atoms with E-state index in [9.17, 15) is 0 Å². The van der Waals surface area contributed by atoms with Crippen LogP contribution in [-0.2, 0) is 4.74 Å². The highest BCUT2D eigenvalue weighted by atomic mass is 32.1. The number of anilines is 1. The maximum atomic E-state index is 5.50. The molecule has 0 spiro atoms. The second-order valence-corrected chi connectivity index (χ2v) is 6.36. The van der Waals surface area contributed by atoms with E-state index < -0.39 is 0 Å². The second kappa shape index (κ2) is 6.37. The summed E-state index contributed by atoms with van der Waals surface area (Å²) in [4.78, 5) is 4.51. The third-order valence-corrected chi connectivity index (χ3v) is 4.42. The van der Waals surface area contributed by atoms with Gasteiger partial charge in [-0.25, -0.2) is 4.98 Å². The molecule has 1 unspecified atom stereocenters. The van der Waals surface area contributed by atoms with Crippen molar-refractivity contribution in [3.05, 3.63) is 34.7 Å². The number of benzene rings is 1. The normalized spacial score (nSPS) is 18.9. The molecule has 1 aromatic carbocycles. The monoisotopic (exact) mass is 288 g/mol. The fraction of sp³-hybridized carbons (Fsp3) is 0.438. The lowest BCUT2D eigenvalue weighted by atomic mass is 10.0. The number of rotatable bonds is 4. The van der Waals surface area contributed by atoms with Crippen molar-refractivity contribution in [2.75, 3.05) is 25.1 Å². The average molecular weight is 288 g/mol. The van der Waals surface area contributed by atoms with Crippen LogP contribution in [0.1, 0.15) is 17.8 Å². The van der Waals surface area contributed by atoms with Crippen molar-refractivity contribution in [1.82, 2.24) is 4.98 Å². The zero-order valence-corrected chi connectivity index (χ0v) is 12.6. The molecule has 0 saturated carbocycles. The van der Waals surface area contributed by atoms with Gasteiger partial charge in [-0.2, -0.15) is 0 Å². The molecule has 1 fully saturated rings. The van der Waals surface area contributed by atoms with Crippen molar-refractivity contribution >= 4 is 17.0 Å². The van der Waals surface area contributed by atoms with Gasteiger partial charge in [0.15, 0.2) is 0 Å². The van der Waals surface area contributed by atoms with E-state index in [1.54, 1.807) is 11.3 Å². The Morgan fingerprint density at radius 1 is 1.35 bits per heavy atom. The van der Waals surface area contributed by atoms with E-state index >= 15 is 0 Å². The van der Waals surface area contributed by atoms with Crippen molar-refractivity contribution in [1.29, 1.82) is 0 Å². The van der Waals surface area contributed by atoms with Crippen LogP contribution >= 0.6 is 11.3 Å². The summed E-state index contributed by atoms with van der Waals surface area (Å²) in [6, 6.07) is 8.53. The predicted molar refractivity (Wildman–Crippen MR) is 84.3 cm³/mol. The molecule has 1 saturated heterocycles. The molecule has 1 N–H and O–H groups in total. The average Bonchev–Trinajstić information content (AvgIpc) is 2.93. The van der Waals surface area contributed by atoms with Gasteiger partial charge in [-0.15, -0.1) is 11.3 Å². The first-order chi connectivity index (χ1) is 9.81. The van der Waals surface area contributed by atoms with Crippen LogP contribution in [0.25, 0.3) is 11.3 Å². The zero-order valence-electron chi connectivity index (χ0n) is 11.8. The maximum absolute atomic E-state index is 5.50. The number of aromatic nitrogens is 1. The fourth-order valence-corrected chi connectivity index (χ4v) is 3.11. The first kappa shape index (κ1) is 13.6. The second-order valence-electron chi connectivity index (χ2n) is 5.29. The topological polar surface area (TPSA) is 34.2 Å². The summed E-state index contributed by atoms with van der Waals surface area (Å²) >= 11 is 1.69. The summed E-state index contributed by atoms with van der Waals surface area (Å²) in [5.41, 5.74) is 3.42. The fourth-order valence-electron chi connectivity index (χ4n) is 2.49. The molecule has 0 aliphatic carbocycles. The number of ether oxygens (including phenoxy) is 1. The van der Waals surface area contributed by atoms with E-state index in [0.717, 1.165) is 30.5 Å². The molecular formula is C16H20N2OS. The van der Waals surface area contributed by atoms with Crippen LogP contribution in [-0.4, -0.2) is 24.7 Å². The van der Waals surface area contributed by atoms with Gasteiger partial charge in [0.25, 0.3) is 0 Å². The molecule has 1 aliphatic rings. The predicted octanol–water partition coefficient (Wildman–Crippen LogP) is 3.96. The van der Waals surface area contributed by atoms with Crippen LogP contribution in [0.4, 0.5) is 5.69 Å². The lowest BCUT2D eigenvalue weighted by Gasteiger charge is -2.22. The van der Waals surface area contributed by atoms with Crippen molar-refractivity contribution in [2.45, 2.75) is 19.8 Å². The quantitative estimate of drug-likeness (QED) is 0.924. The first-order valence-electron chi connectivity index (χ1n) is 7.15. The number of hydrogen-bond donors (Lipinski definition) is 1. The van der Waals surface area contributed by atoms with Gasteiger partial charge >= 0.3 is 0 Å². The molecular weight excluding hydrogens is 268 g/mol. The van der Waals surface area contributed by atoms with Crippen molar-refractivity contribution in [2.24, 2.45) is 5.92 Å². The molecule has 2 heterocycles. The molecule has 0 amide bonds. The van der Waals surface area contributed by atoms with E-state index in [-0.39, 0.29) is 0 Å². The zero-order chi connectivity index (χ0) is 13.8. The Hall–Kier alpha value is -1.39. The van der Waals surface area contributed by atoms with Crippen molar-refractivity contribution in [3.8, 4) is 11.3 Å². The Labute approximate surface area is 124 Å². The van der Waals surface area contributed by atoms with Gasteiger partial charge in [0, 0.05) is 29.8 Å². The van der Waals surface area contributed by atoms with E-state index in [4.69, 9.17) is 4.74 Å². The van der Waals surface area contributed by atoms with Crippen LogP contribution in [0, 0.1) is 12.8 Å². The highest BCUT2D eigenvalue weighted by molar-refractivity contribution is 7.09. The summed E-state index contributed by atoms with van der Waals surface area (Å²) < 4.78 is 5.50. The Balaban J connectivity index is 1.58. The molecule has 2 aromatic rings. The summed E-state index contributed by atoms with van der Waals surface area (Å²) in [6.07, 6.45) is 2.46. The van der Waals surface area contributed by atoms with Crippen LogP contribution in [0.5, 0.6) is 0 Å². The van der Waals surface area contributed by atoms with E-state index in [1.807, 2.05) is 6.92 Å². The summed E-state index contributed by atoms with van der Waals surface area (Å²) in [5, 5.41) is 6.72. The van der Waals surface area contributed by atoms with Crippen LogP contribution < -0.4 is 5.32 Å². The lowest BCUT2D eigenvalue weighted by molar-refractivity contribution is 0.0595. The van der Waals surface area contributed by atoms with Gasteiger partial charge in [0.2, 0.25) is 0 Å². The van der Waals surface area contributed by atoms with E-state index in [0.29, 0.717) is 5.92 Å². The standard InChI is InChI=1S/C16H20N2OS/c1-12-18-16(11-20-12)14-4-6-15(7-5-14)17-9-13-3-2-8-19-10-13/h4-7,11,13,17H,2-3,8-10H2,1H3. The van der Waals surface area contributed by atoms with Gasteiger partial charge in [0.05, 0.1) is 17.3 Å². The minimum absolute atomic E-state index is 0.643. The molecule has 0 radical (unpaired) electrons. The lowest BCUT2D eigenvalue weighted by Crippen LogP contribution is -2.24. The molecule has 1 atom stereocenters. The van der Waals surface area contributed by atoms with Crippen LogP contribution in [0.15, 0.2) is 29.6 Å². The molecule has 20 heavy (non-hydrogen) atoms. The number of aryl methyl sites for hydroxylation is 1. The number of thiazole rings is 1. The van der Waals surface area contributed by atoms with Gasteiger partial charge in [0.1, 0.15) is 0 Å². The smallest absolute Gasteiger partial charge is 0.0901 e. The van der Waals surface area contributed by atoms with E-state index in [1.165, 1.54) is 24.1 Å². The summed E-state index contributed by atoms with van der Waals surface area (Å²) in [6.45, 7) is 4.85. The Morgan fingerprint density at radius 2 is 2.20 bits per heavy atom. The van der Waals surface area contributed by atoms with E-state index in [2.05, 4.69) is 39.9 Å². The van der Waals surface area contributed by atoms with Crippen LogP contribution in [0.2, 0.25) is 0 Å². The van der Waals surface area contributed by atoms with Crippen molar-refractivity contribution < 1.29 is 4.74 Å². The molecule has 1 aliphatic heterocycles. The molecule has 4 heteroatoms. The highest BCUT2D eigenvalue weighted by Gasteiger charge is 2.13. The first-order valence-corrected chi connectivity index (χ1v) is 8.03. The van der Waals surface area contributed by atoms with Gasteiger partial charge in [-0.05, 0) is 37.8 Å². The molecule has 3 rings (SSSR count). The maximum Gasteiger partial charge on any atom is 0.0901 e. The van der Waals surface area contributed by atoms with Crippen LogP contribution in [0.3, 0.4) is 0 Å². The number of hydrogen-bond acceptors (Lipinski definition) is 4. The molecule has 3 nitrogen and oxygen atoms in total. The number of nitrogens with one attached hydrogen (secondary N) is 1. The molecule has 0 bridgehead atoms. The minimum atomic E-state index is 0.643. The number of nitrogens with zero attached hydrogens (tertiary/aromatic N) is 1. The Kier molecular flexibility index (Phi) is 4.33. The largest absolute Gasteiger partial charge is 0.385 e. The SMILES string of the molecule is Cc1nc(-c2ccc(NCC3CCCOC3)cc2)cs1.